The average molecular weight is 432 g/mol. The Balaban J connectivity index is 2.11. The maximum Gasteiger partial charge on any atom is 0.328 e. The molecule has 7 nitrogen and oxygen atoms in total. The van der Waals surface area contributed by atoms with Gasteiger partial charge in [-0.05, 0) is 49.9 Å². The Bertz CT molecular complexity index is 948. The zero-order valence-electron chi connectivity index (χ0n) is 18.6. The van der Waals surface area contributed by atoms with E-state index in [0.29, 0.717) is 0 Å². The first-order valence-electron chi connectivity index (χ1n) is 10.1. The minimum Gasteiger partial charge on any atom is -0.503 e. The molecule has 3 atom stereocenters. The lowest BCUT2D eigenvalue weighted by Gasteiger charge is -2.30. The Morgan fingerprint density at radius 2 is 1.84 bits per heavy atom. The monoisotopic (exact) mass is 432 g/mol. The smallest absolute Gasteiger partial charge is 0.328 e. The van der Waals surface area contributed by atoms with Crippen LogP contribution in [0.1, 0.15) is 55.2 Å². The number of aryl methyl sites for hydroxylation is 1. The lowest BCUT2D eigenvalue weighted by Crippen LogP contribution is -2.42. The van der Waals surface area contributed by atoms with Gasteiger partial charge in [-0.2, -0.15) is 0 Å². The molecule has 1 aromatic heterocycles. The van der Waals surface area contributed by atoms with Gasteiger partial charge in [0.25, 0.3) is 5.91 Å². The van der Waals surface area contributed by atoms with Crippen molar-refractivity contribution in [1.82, 2.24) is 10.3 Å². The summed E-state index contributed by atoms with van der Waals surface area (Å²) in [4.78, 5) is 28.9. The zero-order chi connectivity index (χ0) is 23.3. The Morgan fingerprint density at radius 3 is 2.42 bits per heavy atom. The van der Waals surface area contributed by atoms with Crippen LogP contribution in [0.4, 0.5) is 4.39 Å². The molecule has 0 radical (unpaired) electrons. The summed E-state index contributed by atoms with van der Waals surface area (Å²) in [6.07, 6.45) is 0.802. The van der Waals surface area contributed by atoms with E-state index in [-0.39, 0.29) is 29.1 Å². The number of amides is 1. The first-order chi connectivity index (χ1) is 14.6. The van der Waals surface area contributed by atoms with Gasteiger partial charge in [0.15, 0.2) is 17.2 Å². The van der Waals surface area contributed by atoms with Crippen LogP contribution in [0.15, 0.2) is 30.5 Å². The van der Waals surface area contributed by atoms with Crippen LogP contribution >= 0.6 is 0 Å². The third-order valence-electron chi connectivity index (χ3n) is 5.14. The number of carbonyl (C=O) groups is 2. The molecule has 1 amide bonds. The molecule has 0 aliphatic carbocycles. The van der Waals surface area contributed by atoms with Crippen LogP contribution in [0, 0.1) is 18.7 Å². The molecular weight excluding hydrogens is 403 g/mol. The molecule has 8 heteroatoms. The van der Waals surface area contributed by atoms with Gasteiger partial charge in [0.05, 0.1) is 7.11 Å². The Hall–Kier alpha value is -3.16. The van der Waals surface area contributed by atoms with E-state index < -0.39 is 29.8 Å². The van der Waals surface area contributed by atoms with Gasteiger partial charge in [-0.3, -0.25) is 4.79 Å². The fourth-order valence-electron chi connectivity index (χ4n) is 3.62. The Morgan fingerprint density at radius 1 is 1.16 bits per heavy atom. The average Bonchev–Trinajstić information content (AvgIpc) is 2.69. The van der Waals surface area contributed by atoms with Gasteiger partial charge in [-0.25, -0.2) is 14.2 Å². The van der Waals surface area contributed by atoms with E-state index in [9.17, 15) is 19.1 Å². The molecule has 0 unspecified atom stereocenters. The second kappa shape index (κ2) is 10.2. The van der Waals surface area contributed by atoms with Crippen molar-refractivity contribution < 1.29 is 28.6 Å². The third kappa shape index (κ3) is 5.71. The van der Waals surface area contributed by atoms with E-state index in [4.69, 9.17) is 9.47 Å². The molecule has 0 saturated carbocycles. The number of pyridine rings is 1. The van der Waals surface area contributed by atoms with E-state index in [1.165, 1.54) is 38.4 Å². The molecule has 2 rings (SSSR count). The molecule has 1 aromatic carbocycles. The summed E-state index contributed by atoms with van der Waals surface area (Å²) in [6, 6.07) is 4.99. The minimum absolute atomic E-state index is 0.0958. The molecular formula is C23H29FN2O5. The van der Waals surface area contributed by atoms with E-state index in [1.807, 2.05) is 20.8 Å². The number of hydrogen-bond donors (Lipinski definition) is 2. The van der Waals surface area contributed by atoms with Gasteiger partial charge in [0, 0.05) is 18.2 Å². The van der Waals surface area contributed by atoms with Crippen LogP contribution in [0.5, 0.6) is 11.5 Å². The maximum absolute atomic E-state index is 13.5. The van der Waals surface area contributed by atoms with Crippen LogP contribution in [-0.4, -0.2) is 41.2 Å². The van der Waals surface area contributed by atoms with Crippen molar-refractivity contribution in [3.8, 4) is 11.5 Å². The van der Waals surface area contributed by atoms with Crippen molar-refractivity contribution in [1.29, 1.82) is 0 Å². The first-order valence-corrected chi connectivity index (χ1v) is 10.1. The van der Waals surface area contributed by atoms with Crippen LogP contribution in [-0.2, 0) is 9.53 Å². The SMILES string of the molecule is COc1ccnc(C(=O)N[C@@H](C)C(=O)O[C@H](C)[C@H](c2ccc(F)cc2C)C(C)C)c1O. The largest absolute Gasteiger partial charge is 0.503 e. The van der Waals surface area contributed by atoms with Crippen LogP contribution in [0.25, 0.3) is 0 Å². The van der Waals surface area contributed by atoms with Crippen molar-refractivity contribution in [2.24, 2.45) is 5.92 Å². The van der Waals surface area contributed by atoms with Crippen molar-refractivity contribution in [2.45, 2.75) is 52.7 Å². The second-order valence-electron chi connectivity index (χ2n) is 7.82. The minimum atomic E-state index is -0.982. The van der Waals surface area contributed by atoms with Gasteiger partial charge in [0.2, 0.25) is 0 Å². The number of esters is 1. The predicted octanol–water partition coefficient (Wildman–Crippen LogP) is 3.73. The summed E-state index contributed by atoms with van der Waals surface area (Å²) in [5.41, 5.74) is 1.43. The van der Waals surface area contributed by atoms with Gasteiger partial charge >= 0.3 is 5.97 Å². The zero-order valence-corrected chi connectivity index (χ0v) is 18.6. The highest BCUT2D eigenvalue weighted by atomic mass is 19.1. The number of halogens is 1. The van der Waals surface area contributed by atoms with Crippen molar-refractivity contribution in [2.75, 3.05) is 7.11 Å². The molecule has 1 heterocycles. The summed E-state index contributed by atoms with van der Waals surface area (Å²) >= 11 is 0. The van der Waals surface area contributed by atoms with E-state index in [2.05, 4.69) is 10.3 Å². The molecule has 0 spiro atoms. The summed E-state index contributed by atoms with van der Waals surface area (Å²) in [5.74, 6) is -2.04. The summed E-state index contributed by atoms with van der Waals surface area (Å²) in [6.45, 7) is 9.08. The molecule has 0 saturated heterocycles. The fourth-order valence-corrected chi connectivity index (χ4v) is 3.62. The number of nitrogens with one attached hydrogen (secondary N) is 1. The fraction of sp³-hybridized carbons (Fsp3) is 0.435. The standard InChI is InChI=1S/C23H29FN2O5/c1-12(2)19(17-8-7-16(24)11-13(17)3)15(5)31-23(29)14(4)26-22(28)20-21(27)18(30-6)9-10-25-20/h7-12,14-15,19,27H,1-6H3,(H,26,28)/t14-,15+,19+/m0/s1. The summed E-state index contributed by atoms with van der Waals surface area (Å²) in [7, 11) is 1.35. The molecule has 0 aliphatic rings. The molecule has 0 aliphatic heterocycles. The predicted molar refractivity (Wildman–Crippen MR) is 114 cm³/mol. The Kier molecular flexibility index (Phi) is 7.96. The van der Waals surface area contributed by atoms with Gasteiger partial charge in [-0.1, -0.05) is 19.9 Å². The number of aromatic nitrogens is 1. The number of nitrogens with zero attached hydrogens (tertiary/aromatic N) is 1. The molecule has 0 fully saturated rings. The quantitative estimate of drug-likeness (QED) is 0.617. The first kappa shape index (κ1) is 24.1. The molecule has 2 aromatic rings. The van der Waals surface area contributed by atoms with Gasteiger partial charge in [-0.15, -0.1) is 0 Å². The Labute approximate surface area is 181 Å². The van der Waals surface area contributed by atoms with E-state index in [1.54, 1.807) is 13.0 Å². The van der Waals surface area contributed by atoms with E-state index in [0.717, 1.165) is 11.1 Å². The number of carbonyl (C=O) groups excluding carboxylic acids is 2. The van der Waals surface area contributed by atoms with Crippen LogP contribution in [0.3, 0.4) is 0 Å². The van der Waals surface area contributed by atoms with Crippen molar-refractivity contribution in [3.05, 3.63) is 53.1 Å². The number of methoxy groups -OCH3 is 1. The third-order valence-corrected chi connectivity index (χ3v) is 5.14. The van der Waals surface area contributed by atoms with Crippen LogP contribution < -0.4 is 10.1 Å². The lowest BCUT2D eigenvalue weighted by atomic mass is 9.82. The highest BCUT2D eigenvalue weighted by molar-refractivity contribution is 5.97. The second-order valence-corrected chi connectivity index (χ2v) is 7.82. The number of aromatic hydroxyl groups is 1. The molecule has 168 valence electrons. The summed E-state index contributed by atoms with van der Waals surface area (Å²) in [5, 5.41) is 12.5. The summed E-state index contributed by atoms with van der Waals surface area (Å²) < 4.78 is 24.1. The topological polar surface area (TPSA) is 97.8 Å². The van der Waals surface area contributed by atoms with Gasteiger partial charge < -0.3 is 19.9 Å². The van der Waals surface area contributed by atoms with Crippen LogP contribution in [0.2, 0.25) is 0 Å². The molecule has 31 heavy (non-hydrogen) atoms. The maximum atomic E-state index is 13.5. The van der Waals surface area contributed by atoms with Crippen molar-refractivity contribution in [3.63, 3.8) is 0 Å². The molecule has 0 bridgehead atoms. The highest BCUT2D eigenvalue weighted by Crippen LogP contribution is 2.32. The van der Waals surface area contributed by atoms with Gasteiger partial charge in [0.1, 0.15) is 18.0 Å². The number of rotatable bonds is 8. The van der Waals surface area contributed by atoms with E-state index >= 15 is 0 Å². The number of benzene rings is 1. The van der Waals surface area contributed by atoms with Crippen molar-refractivity contribution >= 4 is 11.9 Å². The number of hydrogen-bond acceptors (Lipinski definition) is 6. The lowest BCUT2D eigenvalue weighted by molar-refractivity contribution is -0.151. The normalized spacial score (nSPS) is 13.9. The number of ether oxygens (including phenoxy) is 2. The molecule has 2 N–H and O–H groups in total. The highest BCUT2D eigenvalue weighted by Gasteiger charge is 2.30.